The average molecular weight is 285 g/mol. The molecular formula is C10H9ClN4O2S. The number of aromatic amines is 1. The normalized spacial score (nSPS) is 11.0. The van der Waals surface area contributed by atoms with Gasteiger partial charge in [-0.1, -0.05) is 11.6 Å². The molecule has 94 valence electrons. The summed E-state index contributed by atoms with van der Waals surface area (Å²) >= 11 is 10.8. The van der Waals surface area contributed by atoms with Crippen LogP contribution in [0.1, 0.15) is 5.56 Å². The first-order valence-electron chi connectivity index (χ1n) is 4.84. The fourth-order valence-corrected chi connectivity index (χ4v) is 1.64. The Balaban J connectivity index is 2.35. The van der Waals surface area contributed by atoms with Crippen LogP contribution < -0.4 is 4.74 Å². The van der Waals surface area contributed by atoms with Gasteiger partial charge in [0.05, 0.1) is 18.3 Å². The zero-order valence-corrected chi connectivity index (χ0v) is 10.9. The number of hydrogen-bond donors (Lipinski definition) is 2. The predicted molar refractivity (Wildman–Crippen MR) is 70.1 cm³/mol. The molecule has 0 amide bonds. The highest BCUT2D eigenvalue weighted by Gasteiger charge is 2.07. The van der Waals surface area contributed by atoms with Gasteiger partial charge in [-0.05, 0) is 29.9 Å². The molecule has 1 aromatic heterocycles. The summed E-state index contributed by atoms with van der Waals surface area (Å²) in [5.41, 5.74) is 0.665. The molecule has 1 heterocycles. The second-order valence-corrected chi connectivity index (χ2v) is 4.10. The number of H-pyrrole nitrogens is 1. The lowest BCUT2D eigenvalue weighted by Crippen LogP contribution is -1.91. The fourth-order valence-electron chi connectivity index (χ4n) is 1.28. The van der Waals surface area contributed by atoms with Crippen LogP contribution in [0, 0.1) is 4.77 Å². The Hall–Kier alpha value is -1.86. The Morgan fingerprint density at radius 1 is 1.61 bits per heavy atom. The van der Waals surface area contributed by atoms with Crippen molar-refractivity contribution in [2.45, 2.75) is 0 Å². The third-order valence-corrected chi connectivity index (χ3v) is 2.70. The monoisotopic (exact) mass is 284 g/mol. The van der Waals surface area contributed by atoms with Crippen molar-refractivity contribution in [1.82, 2.24) is 14.9 Å². The van der Waals surface area contributed by atoms with Crippen LogP contribution in [0.25, 0.3) is 0 Å². The highest BCUT2D eigenvalue weighted by atomic mass is 35.5. The molecule has 2 N–H and O–H groups in total. The minimum atomic E-state index is -0.101. The van der Waals surface area contributed by atoms with Crippen molar-refractivity contribution in [1.29, 1.82) is 0 Å². The molecule has 2 rings (SSSR count). The first kappa shape index (κ1) is 12.6. The van der Waals surface area contributed by atoms with Crippen LogP contribution in [0.15, 0.2) is 23.6 Å². The number of methoxy groups -OCH3 is 1. The SMILES string of the molecule is COc1cc(/C=N\n2cn[nH]c2=S)cc(Cl)c1O. The summed E-state index contributed by atoms with van der Waals surface area (Å²) in [6.45, 7) is 0. The number of hydrogen-bond acceptors (Lipinski definition) is 5. The predicted octanol–water partition coefficient (Wildman–Crippen LogP) is 2.19. The third-order valence-electron chi connectivity index (χ3n) is 2.14. The molecule has 1 aromatic carbocycles. The van der Waals surface area contributed by atoms with E-state index in [4.69, 9.17) is 28.6 Å². The number of phenols is 1. The average Bonchev–Trinajstić information content (AvgIpc) is 2.76. The Morgan fingerprint density at radius 2 is 2.39 bits per heavy atom. The summed E-state index contributed by atoms with van der Waals surface area (Å²) in [5.74, 6) is 0.177. The van der Waals surface area contributed by atoms with Crippen molar-refractivity contribution < 1.29 is 9.84 Å². The lowest BCUT2D eigenvalue weighted by Gasteiger charge is -2.05. The van der Waals surface area contributed by atoms with Gasteiger partial charge in [0, 0.05) is 0 Å². The number of nitrogens with one attached hydrogen (secondary N) is 1. The first-order chi connectivity index (χ1) is 8.61. The highest BCUT2D eigenvalue weighted by molar-refractivity contribution is 7.71. The molecule has 0 saturated heterocycles. The van der Waals surface area contributed by atoms with Gasteiger partial charge in [-0.3, -0.25) is 5.10 Å². The van der Waals surface area contributed by atoms with Crippen LogP contribution in [0.5, 0.6) is 11.5 Å². The second kappa shape index (κ2) is 5.19. The molecule has 18 heavy (non-hydrogen) atoms. The van der Waals surface area contributed by atoms with Crippen LogP contribution in [0.2, 0.25) is 5.02 Å². The molecule has 2 aromatic rings. The topological polar surface area (TPSA) is 75.4 Å². The second-order valence-electron chi connectivity index (χ2n) is 3.30. The van der Waals surface area contributed by atoms with Crippen LogP contribution in [-0.2, 0) is 0 Å². The highest BCUT2D eigenvalue weighted by Crippen LogP contribution is 2.34. The number of ether oxygens (including phenoxy) is 1. The van der Waals surface area contributed by atoms with Gasteiger partial charge in [-0.2, -0.15) is 14.9 Å². The van der Waals surface area contributed by atoms with Gasteiger partial charge in [-0.25, -0.2) is 0 Å². The van der Waals surface area contributed by atoms with E-state index in [2.05, 4.69) is 15.3 Å². The van der Waals surface area contributed by atoms with E-state index in [0.717, 1.165) is 0 Å². The number of halogens is 1. The van der Waals surface area contributed by atoms with E-state index in [1.165, 1.54) is 24.3 Å². The van der Waals surface area contributed by atoms with Gasteiger partial charge >= 0.3 is 0 Å². The molecule has 0 saturated carbocycles. The van der Waals surface area contributed by atoms with E-state index in [0.29, 0.717) is 10.3 Å². The minimum absolute atomic E-state index is 0.101. The van der Waals surface area contributed by atoms with E-state index in [9.17, 15) is 5.11 Å². The summed E-state index contributed by atoms with van der Waals surface area (Å²) < 4.78 is 6.75. The summed E-state index contributed by atoms with van der Waals surface area (Å²) in [5, 5.41) is 20.1. The van der Waals surface area contributed by atoms with E-state index in [1.54, 1.807) is 12.1 Å². The maximum absolute atomic E-state index is 9.58. The van der Waals surface area contributed by atoms with Crippen molar-refractivity contribution in [2.75, 3.05) is 7.11 Å². The molecule has 0 bridgehead atoms. The van der Waals surface area contributed by atoms with Gasteiger partial charge in [0.25, 0.3) is 0 Å². The Bertz CT molecular complexity index is 650. The van der Waals surface area contributed by atoms with Crippen molar-refractivity contribution in [3.63, 3.8) is 0 Å². The summed E-state index contributed by atoms with van der Waals surface area (Å²) in [6, 6.07) is 3.17. The quantitative estimate of drug-likeness (QED) is 0.669. The Labute approximate surface area is 112 Å². The molecule has 0 atom stereocenters. The molecule has 0 unspecified atom stereocenters. The molecule has 0 aliphatic carbocycles. The number of rotatable bonds is 3. The minimum Gasteiger partial charge on any atom is -0.503 e. The Kier molecular flexibility index (Phi) is 3.63. The maximum atomic E-state index is 9.58. The van der Waals surface area contributed by atoms with Crippen LogP contribution in [0.3, 0.4) is 0 Å². The van der Waals surface area contributed by atoms with Crippen molar-refractivity contribution in [3.05, 3.63) is 33.8 Å². The molecule has 0 radical (unpaired) electrons. The lowest BCUT2D eigenvalue weighted by atomic mass is 10.2. The third kappa shape index (κ3) is 2.52. The smallest absolute Gasteiger partial charge is 0.216 e. The maximum Gasteiger partial charge on any atom is 0.216 e. The molecule has 8 heteroatoms. The lowest BCUT2D eigenvalue weighted by molar-refractivity contribution is 0.373. The van der Waals surface area contributed by atoms with E-state index >= 15 is 0 Å². The number of benzene rings is 1. The molecule has 0 aliphatic rings. The largest absolute Gasteiger partial charge is 0.503 e. The van der Waals surface area contributed by atoms with Crippen molar-refractivity contribution >= 4 is 30.0 Å². The number of phenolic OH excluding ortho intramolecular Hbond substituents is 1. The van der Waals surface area contributed by atoms with Crippen LogP contribution in [-0.4, -0.2) is 33.3 Å². The molecule has 6 nitrogen and oxygen atoms in total. The zero-order chi connectivity index (χ0) is 13.1. The van der Waals surface area contributed by atoms with Gasteiger partial charge in [0.1, 0.15) is 6.33 Å². The van der Waals surface area contributed by atoms with Crippen molar-refractivity contribution in [3.8, 4) is 11.5 Å². The van der Waals surface area contributed by atoms with E-state index in [-0.39, 0.29) is 16.5 Å². The van der Waals surface area contributed by atoms with Gasteiger partial charge in [0.2, 0.25) is 4.77 Å². The van der Waals surface area contributed by atoms with Gasteiger partial charge in [-0.15, -0.1) is 0 Å². The fraction of sp³-hybridized carbons (Fsp3) is 0.100. The Morgan fingerprint density at radius 3 is 3.00 bits per heavy atom. The van der Waals surface area contributed by atoms with Gasteiger partial charge in [0.15, 0.2) is 11.5 Å². The molecule has 0 aliphatic heterocycles. The number of aromatic hydroxyl groups is 1. The molecular weight excluding hydrogens is 276 g/mol. The first-order valence-corrected chi connectivity index (χ1v) is 5.63. The van der Waals surface area contributed by atoms with Gasteiger partial charge < -0.3 is 9.84 Å². The molecule has 0 fully saturated rings. The van der Waals surface area contributed by atoms with E-state index in [1.807, 2.05) is 0 Å². The summed E-state index contributed by atoms with van der Waals surface area (Å²) in [4.78, 5) is 0. The number of aromatic nitrogens is 3. The van der Waals surface area contributed by atoms with Crippen LogP contribution in [0.4, 0.5) is 0 Å². The standard InChI is InChI=1S/C10H9ClN4O2S/c1-17-8-3-6(2-7(11)9(8)16)4-13-15-5-12-14-10(15)18/h2-5,16H,1H3,(H,14,18)/b13-4-. The van der Waals surface area contributed by atoms with Crippen molar-refractivity contribution in [2.24, 2.45) is 5.10 Å². The summed E-state index contributed by atoms with van der Waals surface area (Å²) in [7, 11) is 1.44. The number of nitrogens with zero attached hydrogens (tertiary/aromatic N) is 3. The van der Waals surface area contributed by atoms with E-state index < -0.39 is 0 Å². The summed E-state index contributed by atoms with van der Waals surface area (Å²) in [6.07, 6.45) is 2.97. The molecule has 0 spiro atoms. The van der Waals surface area contributed by atoms with Crippen LogP contribution >= 0.6 is 23.8 Å². The zero-order valence-electron chi connectivity index (χ0n) is 9.29.